The predicted octanol–water partition coefficient (Wildman–Crippen LogP) is 1.70. The number of likely N-dealkylation sites (tertiary alicyclic amines) is 1. The standard InChI is InChI=1S/C11H22NO2/c1-10(14-2)11-6-3-4-7-12(11)8-5-9-13/h10-11H,3-9H2,1-2H3. The summed E-state index contributed by atoms with van der Waals surface area (Å²) in [4.78, 5) is 2.43. The second kappa shape index (κ2) is 6.38. The van der Waals surface area contributed by atoms with E-state index in [1.165, 1.54) is 19.3 Å². The van der Waals surface area contributed by atoms with Crippen molar-refractivity contribution in [3.63, 3.8) is 0 Å². The molecule has 1 aliphatic heterocycles. The van der Waals surface area contributed by atoms with Crippen molar-refractivity contribution in [1.82, 2.24) is 4.90 Å². The first-order valence-electron chi connectivity index (χ1n) is 5.64. The Morgan fingerprint density at radius 2 is 2.29 bits per heavy atom. The van der Waals surface area contributed by atoms with Gasteiger partial charge in [-0.25, -0.2) is 5.11 Å². The van der Waals surface area contributed by atoms with E-state index >= 15 is 0 Å². The Balaban J connectivity index is 2.41. The molecule has 2 atom stereocenters. The van der Waals surface area contributed by atoms with Gasteiger partial charge in [0.15, 0.2) is 0 Å². The maximum absolute atomic E-state index is 10.5. The van der Waals surface area contributed by atoms with Crippen molar-refractivity contribution < 1.29 is 9.84 Å². The van der Waals surface area contributed by atoms with E-state index in [4.69, 9.17) is 4.74 Å². The topological polar surface area (TPSA) is 32.4 Å². The molecule has 2 unspecified atom stereocenters. The molecular formula is C11H22NO2. The highest BCUT2D eigenvalue weighted by Crippen LogP contribution is 2.21. The molecule has 1 aliphatic rings. The number of methoxy groups -OCH3 is 1. The van der Waals surface area contributed by atoms with Crippen LogP contribution in [0.2, 0.25) is 0 Å². The third-order valence-electron chi connectivity index (χ3n) is 3.17. The first kappa shape index (κ1) is 12.0. The van der Waals surface area contributed by atoms with Crippen molar-refractivity contribution in [3.8, 4) is 0 Å². The van der Waals surface area contributed by atoms with Crippen LogP contribution in [-0.2, 0) is 9.84 Å². The molecule has 0 saturated carbocycles. The minimum absolute atomic E-state index is 0.0462. The summed E-state index contributed by atoms with van der Waals surface area (Å²) in [5.41, 5.74) is 0. The molecule has 1 heterocycles. The van der Waals surface area contributed by atoms with Crippen molar-refractivity contribution in [1.29, 1.82) is 0 Å². The van der Waals surface area contributed by atoms with Gasteiger partial charge in [-0.05, 0) is 32.7 Å². The van der Waals surface area contributed by atoms with Crippen LogP contribution in [0.3, 0.4) is 0 Å². The molecule has 1 radical (unpaired) electrons. The van der Waals surface area contributed by atoms with Crippen LogP contribution < -0.4 is 0 Å². The summed E-state index contributed by atoms with van der Waals surface area (Å²) >= 11 is 0. The normalized spacial score (nSPS) is 26.4. The molecule has 0 amide bonds. The van der Waals surface area contributed by atoms with E-state index in [9.17, 15) is 5.11 Å². The minimum atomic E-state index is 0.0462. The zero-order chi connectivity index (χ0) is 10.4. The van der Waals surface area contributed by atoms with Gasteiger partial charge >= 0.3 is 0 Å². The molecule has 0 aliphatic carbocycles. The highest BCUT2D eigenvalue weighted by Gasteiger charge is 2.26. The van der Waals surface area contributed by atoms with E-state index < -0.39 is 0 Å². The third-order valence-corrected chi connectivity index (χ3v) is 3.17. The molecule has 3 nitrogen and oxygen atoms in total. The number of nitrogens with zero attached hydrogens (tertiary/aromatic N) is 1. The van der Waals surface area contributed by atoms with E-state index in [1.54, 1.807) is 7.11 Å². The molecule has 0 aromatic carbocycles. The van der Waals surface area contributed by atoms with E-state index in [1.807, 2.05) is 0 Å². The summed E-state index contributed by atoms with van der Waals surface area (Å²) in [5, 5.41) is 10.5. The Bertz CT molecular complexity index is 152. The van der Waals surface area contributed by atoms with Crippen molar-refractivity contribution in [2.75, 3.05) is 26.8 Å². The first-order chi connectivity index (χ1) is 6.79. The van der Waals surface area contributed by atoms with E-state index in [2.05, 4.69) is 11.8 Å². The summed E-state index contributed by atoms with van der Waals surface area (Å²) in [7, 11) is 1.77. The summed E-state index contributed by atoms with van der Waals surface area (Å²) in [6.45, 7) is 4.25. The van der Waals surface area contributed by atoms with Gasteiger partial charge in [0.2, 0.25) is 0 Å². The number of hydrogen-bond acceptors (Lipinski definition) is 2. The van der Waals surface area contributed by atoms with Crippen LogP contribution in [0, 0.1) is 0 Å². The molecule has 0 bridgehead atoms. The fraction of sp³-hybridized carbons (Fsp3) is 1.00. The Morgan fingerprint density at radius 3 is 2.93 bits per heavy atom. The summed E-state index contributed by atoms with van der Waals surface area (Å²) < 4.78 is 5.38. The van der Waals surface area contributed by atoms with Crippen LogP contribution >= 0.6 is 0 Å². The SMILES string of the molecule is COC(C)C1CCCCN1CCC[O]. The zero-order valence-corrected chi connectivity index (χ0v) is 9.37. The van der Waals surface area contributed by atoms with Gasteiger partial charge in [-0.15, -0.1) is 0 Å². The Labute approximate surface area is 87.1 Å². The van der Waals surface area contributed by atoms with Crippen LogP contribution in [0.15, 0.2) is 0 Å². The third kappa shape index (κ3) is 3.23. The predicted molar refractivity (Wildman–Crippen MR) is 55.9 cm³/mol. The molecule has 14 heavy (non-hydrogen) atoms. The number of ether oxygens (including phenoxy) is 1. The molecule has 0 aromatic heterocycles. The molecule has 0 spiro atoms. The summed E-state index contributed by atoms with van der Waals surface area (Å²) in [5.74, 6) is 0. The van der Waals surface area contributed by atoms with Gasteiger partial charge in [0.05, 0.1) is 12.7 Å². The number of piperidine rings is 1. The largest absolute Gasteiger partial charge is 0.380 e. The van der Waals surface area contributed by atoms with Crippen LogP contribution in [0.1, 0.15) is 32.6 Å². The lowest BCUT2D eigenvalue weighted by molar-refractivity contribution is 0.00363. The summed E-state index contributed by atoms with van der Waals surface area (Å²) in [6, 6.07) is 0.528. The van der Waals surface area contributed by atoms with Gasteiger partial charge in [0, 0.05) is 19.7 Å². The van der Waals surface area contributed by atoms with Gasteiger partial charge < -0.3 is 4.74 Å². The van der Waals surface area contributed by atoms with E-state index in [0.29, 0.717) is 12.1 Å². The van der Waals surface area contributed by atoms with Crippen molar-refractivity contribution in [2.45, 2.75) is 44.8 Å². The van der Waals surface area contributed by atoms with Crippen molar-refractivity contribution in [2.24, 2.45) is 0 Å². The number of hydrogen-bond donors (Lipinski definition) is 0. The maximum Gasteiger partial charge on any atom is 0.0834 e. The van der Waals surface area contributed by atoms with Crippen LogP contribution in [-0.4, -0.2) is 43.9 Å². The fourth-order valence-corrected chi connectivity index (χ4v) is 2.25. The molecular weight excluding hydrogens is 178 g/mol. The zero-order valence-electron chi connectivity index (χ0n) is 9.37. The monoisotopic (exact) mass is 200 g/mol. The van der Waals surface area contributed by atoms with Gasteiger partial charge in [0.1, 0.15) is 0 Å². The fourth-order valence-electron chi connectivity index (χ4n) is 2.25. The van der Waals surface area contributed by atoms with Crippen molar-refractivity contribution in [3.05, 3.63) is 0 Å². The van der Waals surface area contributed by atoms with Gasteiger partial charge in [0.25, 0.3) is 0 Å². The van der Waals surface area contributed by atoms with Crippen molar-refractivity contribution >= 4 is 0 Å². The maximum atomic E-state index is 10.5. The molecule has 1 rings (SSSR count). The van der Waals surface area contributed by atoms with Crippen LogP contribution in [0.25, 0.3) is 0 Å². The van der Waals surface area contributed by atoms with Gasteiger partial charge in [-0.1, -0.05) is 6.42 Å². The second-order valence-corrected chi connectivity index (χ2v) is 4.10. The summed E-state index contributed by atoms with van der Waals surface area (Å²) in [6.07, 6.45) is 4.85. The quantitative estimate of drug-likeness (QED) is 0.676. The lowest BCUT2D eigenvalue weighted by atomic mass is 9.98. The Hall–Kier alpha value is -0.120. The average Bonchev–Trinajstić information content (AvgIpc) is 2.25. The molecule has 0 N–H and O–H groups in total. The number of rotatable bonds is 5. The molecule has 1 saturated heterocycles. The Morgan fingerprint density at radius 1 is 1.50 bits per heavy atom. The van der Waals surface area contributed by atoms with E-state index in [-0.39, 0.29) is 6.61 Å². The molecule has 83 valence electrons. The lowest BCUT2D eigenvalue weighted by Gasteiger charge is -2.38. The molecule has 1 fully saturated rings. The smallest absolute Gasteiger partial charge is 0.0834 e. The highest BCUT2D eigenvalue weighted by atomic mass is 16.5. The lowest BCUT2D eigenvalue weighted by Crippen LogP contribution is -2.46. The van der Waals surface area contributed by atoms with E-state index in [0.717, 1.165) is 19.5 Å². The highest BCUT2D eigenvalue weighted by molar-refractivity contribution is 4.81. The molecule has 3 heteroatoms. The minimum Gasteiger partial charge on any atom is -0.380 e. The average molecular weight is 200 g/mol. The van der Waals surface area contributed by atoms with Gasteiger partial charge in [-0.3, -0.25) is 4.90 Å². The van der Waals surface area contributed by atoms with Crippen LogP contribution in [0.5, 0.6) is 0 Å². The molecule has 0 aromatic rings. The van der Waals surface area contributed by atoms with Gasteiger partial charge in [-0.2, -0.15) is 0 Å². The first-order valence-corrected chi connectivity index (χ1v) is 5.64. The second-order valence-electron chi connectivity index (χ2n) is 4.10. The van der Waals surface area contributed by atoms with Crippen LogP contribution in [0.4, 0.5) is 0 Å². The Kier molecular flexibility index (Phi) is 5.45.